The van der Waals surface area contributed by atoms with Gasteiger partial charge in [-0.15, -0.1) is 0 Å². The van der Waals surface area contributed by atoms with Crippen molar-refractivity contribution >= 4 is 13.6 Å². The van der Waals surface area contributed by atoms with Gasteiger partial charge in [-0.2, -0.15) is 4.98 Å². The van der Waals surface area contributed by atoms with Crippen LogP contribution in [0, 0.1) is 5.41 Å². The SMILES string of the molecule is COC1C(OP(=O)(O)OC(C)(C)C)[C@@H](CC(C)(C)C)O[C@H]1n1ccc(N)nc1=O. The van der Waals surface area contributed by atoms with Gasteiger partial charge >= 0.3 is 13.5 Å². The maximum atomic E-state index is 12.6. The van der Waals surface area contributed by atoms with Crippen LogP contribution in [-0.2, 0) is 23.1 Å². The number of anilines is 1. The van der Waals surface area contributed by atoms with Gasteiger partial charge in [0.15, 0.2) is 6.23 Å². The molecule has 1 aliphatic heterocycles. The van der Waals surface area contributed by atoms with E-state index < -0.39 is 43.7 Å². The molecule has 0 aliphatic carbocycles. The zero-order chi connectivity index (χ0) is 22.2. The van der Waals surface area contributed by atoms with E-state index in [2.05, 4.69) is 4.98 Å². The van der Waals surface area contributed by atoms with Gasteiger partial charge in [-0.05, 0) is 38.7 Å². The Balaban J connectivity index is 2.41. The Morgan fingerprint density at radius 2 is 1.90 bits per heavy atom. The summed E-state index contributed by atoms with van der Waals surface area (Å²) >= 11 is 0. The number of hydrogen-bond acceptors (Lipinski definition) is 8. The third-order valence-electron chi connectivity index (χ3n) is 4.14. The van der Waals surface area contributed by atoms with E-state index in [1.54, 1.807) is 20.8 Å². The topological polar surface area (TPSA) is 135 Å². The van der Waals surface area contributed by atoms with Gasteiger partial charge in [-0.3, -0.25) is 13.6 Å². The summed E-state index contributed by atoms with van der Waals surface area (Å²) in [5.74, 6) is 0.0793. The van der Waals surface area contributed by atoms with Crippen molar-refractivity contribution in [2.75, 3.05) is 12.8 Å². The molecule has 0 aromatic carbocycles. The number of hydrogen-bond donors (Lipinski definition) is 2. The summed E-state index contributed by atoms with van der Waals surface area (Å²) in [5.41, 5.74) is 3.86. The van der Waals surface area contributed by atoms with E-state index in [4.69, 9.17) is 24.3 Å². The Hall–Kier alpha value is -1.29. The molecule has 5 atom stereocenters. The predicted octanol–water partition coefficient (Wildman–Crippen LogP) is 2.47. The zero-order valence-corrected chi connectivity index (χ0v) is 18.9. The first-order valence-electron chi connectivity index (χ1n) is 9.37. The molecule has 1 aliphatic rings. The van der Waals surface area contributed by atoms with Gasteiger partial charge in [0.25, 0.3) is 0 Å². The third kappa shape index (κ3) is 6.60. The first-order valence-corrected chi connectivity index (χ1v) is 10.9. The molecule has 1 saturated heterocycles. The Labute approximate surface area is 170 Å². The second kappa shape index (κ2) is 8.45. The Bertz CT molecular complexity index is 815. The third-order valence-corrected chi connectivity index (χ3v) is 5.43. The molecular weight excluding hydrogens is 401 g/mol. The summed E-state index contributed by atoms with van der Waals surface area (Å²) < 4.78 is 36.2. The van der Waals surface area contributed by atoms with Gasteiger partial charge in [0, 0.05) is 13.3 Å². The van der Waals surface area contributed by atoms with Crippen LogP contribution in [0.5, 0.6) is 0 Å². The second-order valence-electron chi connectivity index (χ2n) is 9.31. The number of nitrogens with zero attached hydrogens (tertiary/aromatic N) is 2. The highest BCUT2D eigenvalue weighted by Crippen LogP contribution is 2.52. The van der Waals surface area contributed by atoms with E-state index in [-0.39, 0.29) is 11.2 Å². The van der Waals surface area contributed by atoms with Crippen molar-refractivity contribution in [3.63, 3.8) is 0 Å². The molecule has 0 radical (unpaired) electrons. The summed E-state index contributed by atoms with van der Waals surface area (Å²) in [7, 11) is -3.02. The fourth-order valence-electron chi connectivity index (χ4n) is 3.22. The van der Waals surface area contributed by atoms with Crippen LogP contribution in [0.25, 0.3) is 0 Å². The molecular formula is C18H32N3O7P. The smallest absolute Gasteiger partial charge is 0.383 e. The molecule has 29 heavy (non-hydrogen) atoms. The van der Waals surface area contributed by atoms with Gasteiger partial charge in [-0.25, -0.2) is 9.36 Å². The zero-order valence-electron chi connectivity index (χ0n) is 18.0. The molecule has 166 valence electrons. The lowest BCUT2D eigenvalue weighted by Crippen LogP contribution is -2.39. The van der Waals surface area contributed by atoms with E-state index in [0.29, 0.717) is 6.42 Å². The van der Waals surface area contributed by atoms with E-state index in [1.165, 1.54) is 23.9 Å². The highest BCUT2D eigenvalue weighted by molar-refractivity contribution is 7.47. The minimum Gasteiger partial charge on any atom is -0.383 e. The monoisotopic (exact) mass is 433 g/mol. The average molecular weight is 433 g/mol. The van der Waals surface area contributed by atoms with Crippen LogP contribution in [0.15, 0.2) is 17.1 Å². The van der Waals surface area contributed by atoms with E-state index in [9.17, 15) is 14.3 Å². The number of ether oxygens (including phenoxy) is 2. The lowest BCUT2D eigenvalue weighted by Gasteiger charge is -2.30. The standard InChI is InChI=1S/C18H32N3O7P/c1-17(2,3)10-11-13(27-29(23,24)28-18(4,5)6)14(25-7)15(26-11)21-9-8-12(19)20-16(21)22/h8-9,11,13-15H,10H2,1-7H3,(H,23,24)(H2,19,20,22)/t11-,13?,14?,15-/m1/s1. The van der Waals surface area contributed by atoms with Crippen molar-refractivity contribution in [1.82, 2.24) is 9.55 Å². The molecule has 2 rings (SSSR count). The van der Waals surface area contributed by atoms with Gasteiger partial charge in [-0.1, -0.05) is 20.8 Å². The fraction of sp³-hybridized carbons (Fsp3) is 0.778. The highest BCUT2D eigenvalue weighted by Gasteiger charge is 2.51. The molecule has 0 spiro atoms. The van der Waals surface area contributed by atoms with Crippen molar-refractivity contribution in [3.05, 3.63) is 22.7 Å². The predicted molar refractivity (Wildman–Crippen MR) is 107 cm³/mol. The lowest BCUT2D eigenvalue weighted by molar-refractivity contribution is -0.0593. The number of rotatable bonds is 6. The quantitative estimate of drug-likeness (QED) is 0.649. The Morgan fingerprint density at radius 3 is 2.38 bits per heavy atom. The maximum Gasteiger partial charge on any atom is 0.473 e. The second-order valence-corrected chi connectivity index (χ2v) is 10.6. The van der Waals surface area contributed by atoms with Crippen molar-refractivity contribution in [3.8, 4) is 0 Å². The first kappa shape index (κ1) is 24.0. The summed E-state index contributed by atoms with van der Waals surface area (Å²) in [6.07, 6.45) is -1.41. The molecule has 0 bridgehead atoms. The van der Waals surface area contributed by atoms with Gasteiger partial charge < -0.3 is 20.1 Å². The van der Waals surface area contributed by atoms with Crippen LogP contribution >= 0.6 is 7.82 Å². The van der Waals surface area contributed by atoms with E-state index >= 15 is 0 Å². The molecule has 2 heterocycles. The van der Waals surface area contributed by atoms with Gasteiger partial charge in [0.1, 0.15) is 18.0 Å². The number of phosphoric ester groups is 1. The summed E-state index contributed by atoms with van der Waals surface area (Å²) in [5, 5.41) is 0. The average Bonchev–Trinajstić information content (AvgIpc) is 2.79. The van der Waals surface area contributed by atoms with Crippen LogP contribution in [-0.4, -0.2) is 45.5 Å². The number of aromatic nitrogens is 2. The number of nitrogens with two attached hydrogens (primary N) is 1. The van der Waals surface area contributed by atoms with Crippen molar-refractivity contribution in [2.45, 2.75) is 78.1 Å². The number of methoxy groups -OCH3 is 1. The molecule has 1 fully saturated rings. The van der Waals surface area contributed by atoms with Gasteiger partial charge in [0.05, 0.1) is 11.7 Å². The Kier molecular flexibility index (Phi) is 6.99. The van der Waals surface area contributed by atoms with Gasteiger partial charge in [0.2, 0.25) is 0 Å². The van der Waals surface area contributed by atoms with Crippen LogP contribution in [0.3, 0.4) is 0 Å². The van der Waals surface area contributed by atoms with Crippen LogP contribution in [0.2, 0.25) is 0 Å². The van der Waals surface area contributed by atoms with Crippen molar-refractivity contribution < 1.29 is 28.0 Å². The highest BCUT2D eigenvalue weighted by atomic mass is 31.2. The molecule has 1 aromatic rings. The summed E-state index contributed by atoms with van der Waals surface area (Å²) in [6.45, 7) is 10.9. The summed E-state index contributed by atoms with van der Waals surface area (Å²) in [4.78, 5) is 26.3. The minimum absolute atomic E-state index is 0.0793. The molecule has 10 nitrogen and oxygen atoms in total. The molecule has 3 unspecified atom stereocenters. The Morgan fingerprint density at radius 1 is 1.28 bits per heavy atom. The van der Waals surface area contributed by atoms with Crippen LogP contribution < -0.4 is 11.4 Å². The normalized spacial score (nSPS) is 27.7. The largest absolute Gasteiger partial charge is 0.473 e. The summed E-state index contributed by atoms with van der Waals surface area (Å²) in [6, 6.07) is 1.46. The first-order chi connectivity index (χ1) is 13.1. The molecule has 0 amide bonds. The van der Waals surface area contributed by atoms with E-state index in [1.807, 2.05) is 20.8 Å². The fourth-order valence-corrected chi connectivity index (χ4v) is 4.52. The molecule has 11 heteroatoms. The van der Waals surface area contributed by atoms with Crippen LogP contribution in [0.1, 0.15) is 54.2 Å². The molecule has 1 aromatic heterocycles. The molecule has 3 N–H and O–H groups in total. The number of nitrogen functional groups attached to an aromatic ring is 1. The van der Waals surface area contributed by atoms with Crippen LogP contribution in [0.4, 0.5) is 5.82 Å². The minimum atomic E-state index is -4.44. The number of phosphoric acid groups is 1. The maximum absolute atomic E-state index is 12.6. The van der Waals surface area contributed by atoms with E-state index in [0.717, 1.165) is 0 Å². The molecule has 0 saturated carbocycles. The van der Waals surface area contributed by atoms with Crippen molar-refractivity contribution in [2.24, 2.45) is 5.41 Å². The van der Waals surface area contributed by atoms with Crippen molar-refractivity contribution in [1.29, 1.82) is 0 Å². The lowest BCUT2D eigenvalue weighted by atomic mass is 9.87.